The van der Waals surface area contributed by atoms with Gasteiger partial charge in [0.1, 0.15) is 5.67 Å². The Morgan fingerprint density at radius 1 is 0.933 bits per heavy atom. The largest absolute Gasteiger partial charge is 0.317 e. The Morgan fingerprint density at radius 2 is 1.87 bits per heavy atom. The van der Waals surface area contributed by atoms with Crippen molar-refractivity contribution in [1.29, 1.82) is 0 Å². The van der Waals surface area contributed by atoms with Crippen LogP contribution >= 0.6 is 0 Å². The molecule has 0 bridgehead atoms. The molecule has 0 radical (unpaired) electrons. The van der Waals surface area contributed by atoms with Crippen LogP contribution in [0.4, 0.5) is 4.39 Å². The van der Waals surface area contributed by atoms with Gasteiger partial charge in [-0.15, -0.1) is 0 Å². The van der Waals surface area contributed by atoms with E-state index in [1.165, 1.54) is 19.3 Å². The number of rotatable bonds is 1. The molecule has 2 atom stereocenters. The summed E-state index contributed by atoms with van der Waals surface area (Å²) in [5.74, 6) is 0. The fraction of sp³-hybridized carbons (Fsp3) is 1.00. The van der Waals surface area contributed by atoms with Gasteiger partial charge < -0.3 is 10.6 Å². The normalized spacial score (nSPS) is 39.4. The van der Waals surface area contributed by atoms with E-state index >= 15 is 0 Å². The molecule has 88 valence electrons. The fourth-order valence-corrected chi connectivity index (χ4v) is 2.87. The maximum Gasteiger partial charge on any atom is 0.127 e. The second kappa shape index (κ2) is 5.26. The van der Waals surface area contributed by atoms with Crippen molar-refractivity contribution in [3.8, 4) is 0 Å². The standard InChI is InChI=1S/C12H23FN2/c13-12(6-4-8-14-10-7-12)11-5-2-1-3-9-15-11/h11,14-15H,1-10H2. The Kier molecular flexibility index (Phi) is 3.98. The Labute approximate surface area is 92.0 Å². The lowest BCUT2D eigenvalue weighted by Crippen LogP contribution is -2.47. The highest BCUT2D eigenvalue weighted by Gasteiger charge is 2.38. The minimum atomic E-state index is -0.951. The van der Waals surface area contributed by atoms with E-state index in [1.807, 2.05) is 0 Å². The highest BCUT2D eigenvalue weighted by Crippen LogP contribution is 2.31. The average Bonchev–Trinajstić information content (AvgIpc) is 2.60. The predicted octanol–water partition coefficient (Wildman–Crippen LogP) is 2.00. The first-order valence-corrected chi connectivity index (χ1v) is 6.44. The quantitative estimate of drug-likeness (QED) is 0.697. The van der Waals surface area contributed by atoms with Gasteiger partial charge in [-0.3, -0.25) is 0 Å². The molecule has 2 heterocycles. The first-order chi connectivity index (χ1) is 7.31. The highest BCUT2D eigenvalue weighted by atomic mass is 19.1. The van der Waals surface area contributed by atoms with Crippen molar-refractivity contribution in [2.24, 2.45) is 0 Å². The third kappa shape index (κ3) is 2.91. The summed E-state index contributed by atoms with van der Waals surface area (Å²) in [7, 11) is 0. The molecule has 2 aliphatic rings. The number of hydrogen-bond donors (Lipinski definition) is 2. The molecule has 0 amide bonds. The smallest absolute Gasteiger partial charge is 0.127 e. The summed E-state index contributed by atoms with van der Waals surface area (Å²) < 4.78 is 14.8. The van der Waals surface area contributed by atoms with Crippen LogP contribution in [0.15, 0.2) is 0 Å². The number of nitrogens with one attached hydrogen (secondary N) is 2. The molecule has 2 nitrogen and oxygen atoms in total. The second-order valence-electron chi connectivity index (χ2n) is 4.99. The van der Waals surface area contributed by atoms with Gasteiger partial charge in [0.05, 0.1) is 0 Å². The maximum absolute atomic E-state index is 14.8. The number of alkyl halides is 1. The molecular formula is C12H23FN2. The summed E-state index contributed by atoms with van der Waals surface area (Å²) >= 11 is 0. The third-order valence-electron chi connectivity index (χ3n) is 3.85. The molecule has 2 saturated heterocycles. The first-order valence-electron chi connectivity index (χ1n) is 6.44. The second-order valence-corrected chi connectivity index (χ2v) is 4.99. The van der Waals surface area contributed by atoms with Crippen LogP contribution in [0.5, 0.6) is 0 Å². The van der Waals surface area contributed by atoms with Gasteiger partial charge in [-0.25, -0.2) is 4.39 Å². The van der Waals surface area contributed by atoms with E-state index in [2.05, 4.69) is 10.6 Å². The molecule has 2 N–H and O–H groups in total. The molecule has 0 saturated carbocycles. The van der Waals surface area contributed by atoms with Crippen molar-refractivity contribution in [3.63, 3.8) is 0 Å². The first kappa shape index (κ1) is 11.3. The summed E-state index contributed by atoms with van der Waals surface area (Å²) in [5, 5.41) is 6.71. The van der Waals surface area contributed by atoms with E-state index in [9.17, 15) is 4.39 Å². The number of halogens is 1. The molecule has 2 fully saturated rings. The summed E-state index contributed by atoms with van der Waals surface area (Å²) in [6.07, 6.45) is 7.09. The number of hydrogen-bond acceptors (Lipinski definition) is 2. The van der Waals surface area contributed by atoms with E-state index in [4.69, 9.17) is 0 Å². The maximum atomic E-state index is 14.8. The molecule has 2 rings (SSSR count). The van der Waals surface area contributed by atoms with Gasteiger partial charge in [0.15, 0.2) is 0 Å². The van der Waals surface area contributed by atoms with Crippen LogP contribution in [0.2, 0.25) is 0 Å². The molecule has 0 aliphatic carbocycles. The molecule has 0 spiro atoms. The minimum absolute atomic E-state index is 0.111. The average molecular weight is 214 g/mol. The predicted molar refractivity (Wildman–Crippen MR) is 60.8 cm³/mol. The lowest BCUT2D eigenvalue weighted by Gasteiger charge is -2.33. The summed E-state index contributed by atoms with van der Waals surface area (Å²) in [6.45, 7) is 2.83. The van der Waals surface area contributed by atoms with E-state index in [1.54, 1.807) is 0 Å². The molecule has 3 heteroatoms. The fourth-order valence-electron chi connectivity index (χ4n) is 2.87. The van der Waals surface area contributed by atoms with Gasteiger partial charge in [-0.1, -0.05) is 12.8 Å². The van der Waals surface area contributed by atoms with Gasteiger partial charge in [0, 0.05) is 6.04 Å². The zero-order chi connectivity index (χ0) is 10.6. The van der Waals surface area contributed by atoms with Gasteiger partial charge in [0.2, 0.25) is 0 Å². The van der Waals surface area contributed by atoms with E-state index in [0.29, 0.717) is 6.42 Å². The van der Waals surface area contributed by atoms with Gasteiger partial charge in [-0.05, 0) is 51.7 Å². The summed E-state index contributed by atoms with van der Waals surface area (Å²) in [5.41, 5.74) is -0.951. The lowest BCUT2D eigenvalue weighted by atomic mass is 9.86. The van der Waals surface area contributed by atoms with Crippen LogP contribution in [0.3, 0.4) is 0 Å². The van der Waals surface area contributed by atoms with Crippen molar-refractivity contribution in [2.75, 3.05) is 19.6 Å². The van der Waals surface area contributed by atoms with Crippen molar-refractivity contribution in [2.45, 2.75) is 56.7 Å². The summed E-state index contributed by atoms with van der Waals surface area (Å²) in [6, 6.07) is 0.111. The van der Waals surface area contributed by atoms with E-state index in [0.717, 1.165) is 38.9 Å². The van der Waals surface area contributed by atoms with Crippen LogP contribution < -0.4 is 10.6 Å². The molecule has 2 aliphatic heterocycles. The van der Waals surface area contributed by atoms with Crippen LogP contribution in [0, 0.1) is 0 Å². The third-order valence-corrected chi connectivity index (χ3v) is 3.85. The van der Waals surface area contributed by atoms with Crippen molar-refractivity contribution < 1.29 is 4.39 Å². The van der Waals surface area contributed by atoms with Crippen molar-refractivity contribution in [1.82, 2.24) is 10.6 Å². The van der Waals surface area contributed by atoms with E-state index < -0.39 is 5.67 Å². The minimum Gasteiger partial charge on any atom is -0.317 e. The van der Waals surface area contributed by atoms with Crippen LogP contribution in [-0.4, -0.2) is 31.3 Å². The zero-order valence-electron chi connectivity index (χ0n) is 9.53. The van der Waals surface area contributed by atoms with Gasteiger partial charge >= 0.3 is 0 Å². The van der Waals surface area contributed by atoms with Gasteiger partial charge in [0.25, 0.3) is 0 Å². The van der Waals surface area contributed by atoms with E-state index in [-0.39, 0.29) is 6.04 Å². The van der Waals surface area contributed by atoms with Crippen LogP contribution in [0.25, 0.3) is 0 Å². The van der Waals surface area contributed by atoms with Crippen molar-refractivity contribution >= 4 is 0 Å². The molecular weight excluding hydrogens is 191 g/mol. The molecule has 2 unspecified atom stereocenters. The monoisotopic (exact) mass is 214 g/mol. The Morgan fingerprint density at radius 3 is 2.80 bits per heavy atom. The topological polar surface area (TPSA) is 24.1 Å². The van der Waals surface area contributed by atoms with Crippen LogP contribution in [-0.2, 0) is 0 Å². The SMILES string of the molecule is FC1(C2CCCCCN2)CCCNCC1. The Bertz CT molecular complexity index is 180. The lowest BCUT2D eigenvalue weighted by molar-refractivity contribution is 0.0867. The van der Waals surface area contributed by atoms with Crippen molar-refractivity contribution in [3.05, 3.63) is 0 Å². The molecule has 15 heavy (non-hydrogen) atoms. The Balaban J connectivity index is 1.97. The zero-order valence-corrected chi connectivity index (χ0v) is 9.53. The highest BCUT2D eigenvalue weighted by molar-refractivity contribution is 4.94. The molecule has 0 aromatic rings. The summed E-state index contributed by atoms with van der Waals surface area (Å²) in [4.78, 5) is 0. The Hall–Kier alpha value is -0.150. The van der Waals surface area contributed by atoms with Gasteiger partial charge in [-0.2, -0.15) is 0 Å². The van der Waals surface area contributed by atoms with Crippen LogP contribution in [0.1, 0.15) is 44.9 Å². The molecule has 0 aromatic heterocycles. The molecule has 0 aromatic carbocycles.